The van der Waals surface area contributed by atoms with Gasteiger partial charge >= 0.3 is 0 Å². The van der Waals surface area contributed by atoms with E-state index in [4.69, 9.17) is 0 Å². The zero-order valence-corrected chi connectivity index (χ0v) is 9.97. The maximum absolute atomic E-state index is 11.0. The Balaban J connectivity index is 2.20. The van der Waals surface area contributed by atoms with Crippen LogP contribution >= 0.6 is 10.9 Å². The number of rotatable bonds is 2. The van der Waals surface area contributed by atoms with Crippen molar-refractivity contribution in [3.05, 3.63) is 59.0 Å². The van der Waals surface area contributed by atoms with Gasteiger partial charge in [-0.1, -0.05) is 24.3 Å². The third-order valence-corrected chi connectivity index (χ3v) is 4.60. The van der Waals surface area contributed by atoms with Crippen molar-refractivity contribution in [1.82, 2.24) is 4.98 Å². The first-order valence-corrected chi connectivity index (χ1v) is 6.84. The lowest BCUT2D eigenvalue weighted by Crippen LogP contribution is -1.87. The molecule has 2 nitrogen and oxygen atoms in total. The molecule has 0 saturated heterocycles. The van der Waals surface area contributed by atoms with Crippen molar-refractivity contribution in [2.75, 3.05) is 0 Å². The van der Waals surface area contributed by atoms with Crippen LogP contribution in [0.15, 0.2) is 58.3 Å². The number of fused-ring (bicyclic) bond motifs is 1. The fraction of sp³-hybridized carbons (Fsp3) is 0. The lowest BCUT2D eigenvalue weighted by Gasteiger charge is -2.11. The molecule has 0 bridgehead atoms. The predicted molar refractivity (Wildman–Crippen MR) is 72.7 cm³/mol. The Morgan fingerprint density at radius 1 is 1.18 bits per heavy atom. The predicted octanol–water partition coefficient (Wildman–Crippen LogP) is 3.45. The van der Waals surface area contributed by atoms with E-state index in [0.29, 0.717) is 5.56 Å². The molecule has 1 aliphatic rings. The molecule has 1 aliphatic heterocycles. The van der Waals surface area contributed by atoms with Crippen molar-refractivity contribution in [2.24, 2.45) is 0 Å². The Kier molecular flexibility index (Phi) is 2.53. The van der Waals surface area contributed by atoms with Crippen molar-refractivity contribution < 1.29 is 4.79 Å². The number of carbonyl (C=O) groups is 1. The van der Waals surface area contributed by atoms with E-state index in [9.17, 15) is 4.79 Å². The van der Waals surface area contributed by atoms with E-state index in [0.717, 1.165) is 17.2 Å². The first-order chi connectivity index (χ1) is 8.38. The number of benzene rings is 1. The summed E-state index contributed by atoms with van der Waals surface area (Å²) in [5.41, 5.74) is 1.58. The molecule has 0 unspecified atom stereocenters. The third-order valence-electron chi connectivity index (χ3n) is 2.77. The zero-order valence-electron chi connectivity index (χ0n) is 9.08. The van der Waals surface area contributed by atoms with Gasteiger partial charge in [0.05, 0.1) is 5.52 Å². The molecule has 2 heterocycles. The molecular weight excluding hydrogens is 230 g/mol. The first kappa shape index (κ1) is 10.3. The van der Waals surface area contributed by atoms with Crippen LogP contribution in [0.3, 0.4) is 0 Å². The van der Waals surface area contributed by atoms with E-state index >= 15 is 0 Å². The molecule has 0 N–H and O–H groups in total. The van der Waals surface area contributed by atoms with Gasteiger partial charge in [0.1, 0.15) is 0 Å². The van der Waals surface area contributed by atoms with Gasteiger partial charge in [0, 0.05) is 22.0 Å². The third kappa shape index (κ3) is 1.78. The number of allylic oxidation sites excluding steroid dienone is 2. The fourth-order valence-electron chi connectivity index (χ4n) is 1.91. The monoisotopic (exact) mass is 241 g/mol. The number of hydrogen-bond acceptors (Lipinski definition) is 2. The molecule has 17 heavy (non-hydrogen) atoms. The highest BCUT2D eigenvalue weighted by atomic mass is 32.2. The molecule has 1 aromatic carbocycles. The second-order valence-corrected chi connectivity index (χ2v) is 5.74. The van der Waals surface area contributed by atoms with Gasteiger partial charge < -0.3 is 0 Å². The minimum absolute atomic E-state index is 0.370. The number of carbonyl (C=O) groups excluding carboxylic acids is 1. The van der Waals surface area contributed by atoms with Gasteiger partial charge in [-0.3, -0.25) is 9.78 Å². The molecule has 1 aromatic heterocycles. The minimum atomic E-state index is -0.370. The summed E-state index contributed by atoms with van der Waals surface area (Å²) >= 11 is 0. The van der Waals surface area contributed by atoms with Crippen molar-refractivity contribution in [3.63, 3.8) is 0 Å². The Morgan fingerprint density at radius 3 is 2.76 bits per heavy atom. The van der Waals surface area contributed by atoms with Crippen molar-refractivity contribution in [3.8, 4) is 0 Å². The molecule has 0 saturated carbocycles. The Hall–Kier alpha value is -1.87. The number of thiol groups is 1. The first-order valence-electron chi connectivity index (χ1n) is 5.36. The number of pyridine rings is 1. The summed E-state index contributed by atoms with van der Waals surface area (Å²) in [5, 5.41) is 5.31. The van der Waals surface area contributed by atoms with Crippen LogP contribution < -0.4 is 0 Å². The molecule has 84 valence electrons. The highest BCUT2D eigenvalue weighted by molar-refractivity contribution is 8.22. The summed E-state index contributed by atoms with van der Waals surface area (Å²) in [6, 6.07) is 7.70. The summed E-state index contributed by atoms with van der Waals surface area (Å²) in [4.78, 5) is 16.6. The summed E-state index contributed by atoms with van der Waals surface area (Å²) in [6.45, 7) is 0. The highest BCUT2D eigenvalue weighted by Gasteiger charge is 2.07. The van der Waals surface area contributed by atoms with Gasteiger partial charge in [0.25, 0.3) is 0 Å². The topological polar surface area (TPSA) is 30.0 Å². The maximum Gasteiger partial charge on any atom is 0.150 e. The van der Waals surface area contributed by atoms with E-state index in [1.807, 2.05) is 24.4 Å². The van der Waals surface area contributed by atoms with Crippen LogP contribution in [0.2, 0.25) is 0 Å². The summed E-state index contributed by atoms with van der Waals surface area (Å²) < 4.78 is 0. The van der Waals surface area contributed by atoms with Crippen LogP contribution in [0, 0.1) is 0 Å². The average molecular weight is 241 g/mol. The molecule has 0 radical (unpaired) electrons. The van der Waals surface area contributed by atoms with Gasteiger partial charge in [-0.25, -0.2) is 0 Å². The smallest absolute Gasteiger partial charge is 0.150 e. The van der Waals surface area contributed by atoms with Crippen LogP contribution in [-0.2, 0) is 0 Å². The molecule has 0 aliphatic carbocycles. The van der Waals surface area contributed by atoms with Crippen LogP contribution in [0.1, 0.15) is 10.4 Å². The molecule has 0 amide bonds. The fourth-order valence-corrected chi connectivity index (χ4v) is 3.39. The second kappa shape index (κ2) is 4.18. The number of aldehydes is 1. The van der Waals surface area contributed by atoms with Crippen molar-refractivity contribution in [2.45, 2.75) is 4.90 Å². The minimum Gasteiger partial charge on any atom is -0.298 e. The Bertz CT molecular complexity index is 634. The van der Waals surface area contributed by atoms with Gasteiger partial charge in [-0.05, 0) is 22.9 Å². The summed E-state index contributed by atoms with van der Waals surface area (Å²) in [5.74, 6) is 0. The van der Waals surface area contributed by atoms with E-state index in [2.05, 4.69) is 34.0 Å². The van der Waals surface area contributed by atoms with Crippen LogP contribution in [0.4, 0.5) is 0 Å². The Morgan fingerprint density at radius 2 is 2.00 bits per heavy atom. The van der Waals surface area contributed by atoms with E-state index < -0.39 is 0 Å². The SMILES string of the molecule is O=Cc1cccc2ncc([SH]3C=CC=C3)cc12. The summed E-state index contributed by atoms with van der Waals surface area (Å²) in [7, 11) is -0.370. The van der Waals surface area contributed by atoms with Gasteiger partial charge in [0.15, 0.2) is 6.29 Å². The van der Waals surface area contributed by atoms with Gasteiger partial charge in [-0.2, -0.15) is 10.9 Å². The zero-order chi connectivity index (χ0) is 11.7. The lowest BCUT2D eigenvalue weighted by atomic mass is 10.1. The molecule has 0 fully saturated rings. The van der Waals surface area contributed by atoms with E-state index in [-0.39, 0.29) is 10.9 Å². The van der Waals surface area contributed by atoms with Crippen molar-refractivity contribution >= 4 is 28.1 Å². The Labute approximate surface area is 102 Å². The van der Waals surface area contributed by atoms with Gasteiger partial charge in [0.2, 0.25) is 0 Å². The average Bonchev–Trinajstić information content (AvgIpc) is 2.91. The molecule has 3 heteroatoms. The van der Waals surface area contributed by atoms with Crippen LogP contribution in [0.25, 0.3) is 10.9 Å². The van der Waals surface area contributed by atoms with Crippen LogP contribution in [0.5, 0.6) is 0 Å². The molecule has 0 atom stereocenters. The van der Waals surface area contributed by atoms with Gasteiger partial charge in [-0.15, -0.1) is 0 Å². The standard InChI is InChI=1S/C14H11NOS/c16-10-11-4-3-5-14-13(11)8-12(9-15-14)17-6-1-2-7-17/h1-10,17H. The molecule has 3 rings (SSSR count). The second-order valence-electron chi connectivity index (χ2n) is 3.82. The van der Waals surface area contributed by atoms with E-state index in [1.165, 1.54) is 4.90 Å². The number of aromatic nitrogens is 1. The molecule has 0 spiro atoms. The number of nitrogens with zero attached hydrogens (tertiary/aromatic N) is 1. The number of hydrogen-bond donors (Lipinski definition) is 1. The normalized spacial score (nSPS) is 15.6. The van der Waals surface area contributed by atoms with Crippen molar-refractivity contribution in [1.29, 1.82) is 0 Å². The maximum atomic E-state index is 11.0. The van der Waals surface area contributed by atoms with E-state index in [1.54, 1.807) is 0 Å². The summed E-state index contributed by atoms with van der Waals surface area (Å²) in [6.07, 6.45) is 6.91. The molecular formula is C14H11NOS. The highest BCUT2D eigenvalue weighted by Crippen LogP contribution is 2.42. The quantitative estimate of drug-likeness (QED) is 0.644. The largest absolute Gasteiger partial charge is 0.298 e. The van der Waals surface area contributed by atoms with Crippen LogP contribution in [-0.4, -0.2) is 11.3 Å². The lowest BCUT2D eigenvalue weighted by molar-refractivity contribution is 0.112. The molecule has 2 aromatic rings.